The largest absolute Gasteiger partial charge is 0.454 e. The number of likely N-dealkylation sites (tertiary alicyclic amines) is 1. The highest BCUT2D eigenvalue weighted by molar-refractivity contribution is 6.07. The van der Waals surface area contributed by atoms with E-state index in [1.807, 2.05) is 53.4 Å². The van der Waals surface area contributed by atoms with Crippen LogP contribution in [0.4, 0.5) is 5.69 Å². The Morgan fingerprint density at radius 2 is 1.47 bits per heavy atom. The molecule has 0 unspecified atom stereocenters. The maximum atomic E-state index is 13.9. The van der Waals surface area contributed by atoms with Gasteiger partial charge in [0, 0.05) is 36.4 Å². The number of ether oxygens (including phenoxy) is 2. The van der Waals surface area contributed by atoms with E-state index in [2.05, 4.69) is 35.2 Å². The molecule has 3 aliphatic rings. The average Bonchev–Trinajstić information content (AvgIpc) is 3.43. The van der Waals surface area contributed by atoms with Crippen LogP contribution in [0.2, 0.25) is 0 Å². The molecule has 2 atom stereocenters. The van der Waals surface area contributed by atoms with Crippen molar-refractivity contribution in [2.75, 3.05) is 24.8 Å². The molecule has 5 nitrogen and oxygen atoms in total. The number of amides is 1. The first kappa shape index (κ1) is 23.1. The Morgan fingerprint density at radius 3 is 2.25 bits per heavy atom. The summed E-state index contributed by atoms with van der Waals surface area (Å²) < 4.78 is 11.0. The Hall–Kier alpha value is -3.31. The van der Waals surface area contributed by atoms with Crippen molar-refractivity contribution in [3.8, 4) is 11.5 Å². The van der Waals surface area contributed by atoms with Crippen molar-refractivity contribution in [1.29, 1.82) is 0 Å². The molecule has 0 bridgehead atoms. The van der Waals surface area contributed by atoms with Gasteiger partial charge in [0.15, 0.2) is 11.5 Å². The number of nitrogens with zero attached hydrogens (tertiary/aromatic N) is 2. The first-order valence-electron chi connectivity index (χ1n) is 13.4. The van der Waals surface area contributed by atoms with Crippen LogP contribution in [-0.4, -0.2) is 42.8 Å². The zero-order chi connectivity index (χ0) is 24.3. The van der Waals surface area contributed by atoms with E-state index in [0.717, 1.165) is 31.6 Å². The number of rotatable bonds is 5. The molecule has 186 valence electrons. The van der Waals surface area contributed by atoms with Gasteiger partial charge in [-0.05, 0) is 67.5 Å². The minimum absolute atomic E-state index is 0.0257. The molecular formula is C31H34N2O3. The molecule has 3 aromatic carbocycles. The zero-order valence-electron chi connectivity index (χ0n) is 20.7. The number of benzene rings is 3. The predicted octanol–water partition coefficient (Wildman–Crippen LogP) is 6.25. The highest BCUT2D eigenvalue weighted by Gasteiger charge is 2.36. The van der Waals surface area contributed by atoms with Crippen LogP contribution in [0, 0.1) is 0 Å². The molecule has 1 saturated heterocycles. The third-order valence-corrected chi connectivity index (χ3v) is 8.16. The van der Waals surface area contributed by atoms with Crippen molar-refractivity contribution in [1.82, 2.24) is 4.90 Å². The van der Waals surface area contributed by atoms with Crippen molar-refractivity contribution in [3.05, 3.63) is 90.0 Å². The van der Waals surface area contributed by atoms with E-state index < -0.39 is 0 Å². The molecule has 1 aliphatic carbocycles. The Bertz CT molecular complexity index is 1170. The normalized spacial score (nSPS) is 22.3. The van der Waals surface area contributed by atoms with Gasteiger partial charge in [-0.3, -0.25) is 9.69 Å². The fourth-order valence-corrected chi connectivity index (χ4v) is 6.36. The number of carbonyl (C=O) groups is 1. The van der Waals surface area contributed by atoms with Gasteiger partial charge in [0.05, 0.1) is 0 Å². The summed E-state index contributed by atoms with van der Waals surface area (Å²) in [5.74, 6) is 1.98. The maximum absolute atomic E-state index is 13.9. The Morgan fingerprint density at radius 1 is 0.778 bits per heavy atom. The lowest BCUT2D eigenvalue weighted by Crippen LogP contribution is -2.51. The van der Waals surface area contributed by atoms with E-state index >= 15 is 0 Å². The molecule has 0 spiro atoms. The number of hydrogen-bond acceptors (Lipinski definition) is 4. The summed E-state index contributed by atoms with van der Waals surface area (Å²) in [5.41, 5.74) is 3.08. The summed E-state index contributed by atoms with van der Waals surface area (Å²) in [6.07, 6.45) is 7.12. The van der Waals surface area contributed by atoms with Crippen LogP contribution in [0.3, 0.4) is 0 Å². The number of anilines is 1. The third-order valence-electron chi connectivity index (χ3n) is 8.16. The molecule has 0 N–H and O–H groups in total. The number of piperidine rings is 1. The molecule has 3 aromatic rings. The van der Waals surface area contributed by atoms with Crippen LogP contribution in [0.15, 0.2) is 78.9 Å². The summed E-state index contributed by atoms with van der Waals surface area (Å²) in [6.45, 7) is 2.26. The average molecular weight is 483 g/mol. The van der Waals surface area contributed by atoms with E-state index in [4.69, 9.17) is 9.47 Å². The van der Waals surface area contributed by atoms with Gasteiger partial charge >= 0.3 is 0 Å². The Labute approximate surface area is 213 Å². The molecule has 0 radical (unpaired) electrons. The minimum Gasteiger partial charge on any atom is -0.454 e. The van der Waals surface area contributed by atoms with E-state index in [1.54, 1.807) is 0 Å². The molecule has 5 heteroatoms. The first-order chi connectivity index (χ1) is 17.8. The van der Waals surface area contributed by atoms with E-state index in [-0.39, 0.29) is 18.7 Å². The third kappa shape index (κ3) is 4.60. The van der Waals surface area contributed by atoms with Crippen LogP contribution in [0.5, 0.6) is 11.5 Å². The number of carbonyl (C=O) groups excluding carboxylic acids is 1. The predicted molar refractivity (Wildman–Crippen MR) is 142 cm³/mol. The van der Waals surface area contributed by atoms with Gasteiger partial charge in [-0.2, -0.15) is 0 Å². The standard InChI is InChI=1S/C31H34N2O3/c34-31(24-15-16-29-30(21-24)36-22-35-29)33(25-11-5-2-6-12-25)26-17-19-32(20-18-26)28-14-8-7-13-27(28)23-9-3-1-4-10-23/h1-6,9-12,15-16,21,26-28H,7-8,13-14,17-20,22H2/t27-,28-/m1/s1. The van der Waals surface area contributed by atoms with Gasteiger partial charge in [0.1, 0.15) is 0 Å². The second-order valence-electron chi connectivity index (χ2n) is 10.2. The SMILES string of the molecule is O=C(c1ccc2c(c1)OCO2)N(c1ccccc1)C1CCN([C@@H]2CCCC[C@@H]2c2ccccc2)CC1. The molecule has 2 fully saturated rings. The van der Waals surface area contributed by atoms with Crippen molar-refractivity contribution < 1.29 is 14.3 Å². The van der Waals surface area contributed by atoms with Crippen molar-refractivity contribution >= 4 is 11.6 Å². The van der Waals surface area contributed by atoms with Crippen molar-refractivity contribution in [2.45, 2.75) is 56.5 Å². The number of hydrogen-bond donors (Lipinski definition) is 0. The van der Waals surface area contributed by atoms with E-state index in [1.165, 1.54) is 31.2 Å². The fraction of sp³-hybridized carbons (Fsp3) is 0.387. The molecule has 6 rings (SSSR count). The van der Waals surface area contributed by atoms with Gasteiger partial charge < -0.3 is 14.4 Å². The second-order valence-corrected chi connectivity index (χ2v) is 10.2. The van der Waals surface area contributed by atoms with E-state index in [0.29, 0.717) is 29.0 Å². The van der Waals surface area contributed by atoms with E-state index in [9.17, 15) is 4.79 Å². The molecule has 36 heavy (non-hydrogen) atoms. The second kappa shape index (κ2) is 10.4. The summed E-state index contributed by atoms with van der Waals surface area (Å²) in [4.78, 5) is 18.6. The Balaban J connectivity index is 1.21. The topological polar surface area (TPSA) is 42.0 Å². The lowest BCUT2D eigenvalue weighted by molar-refractivity contribution is 0.0894. The van der Waals surface area contributed by atoms with Crippen LogP contribution in [-0.2, 0) is 0 Å². The van der Waals surface area contributed by atoms with Gasteiger partial charge in [0.25, 0.3) is 5.91 Å². The van der Waals surface area contributed by atoms with Crippen LogP contribution >= 0.6 is 0 Å². The number of fused-ring (bicyclic) bond motifs is 1. The summed E-state index contributed by atoms with van der Waals surface area (Å²) in [7, 11) is 0. The highest BCUT2D eigenvalue weighted by atomic mass is 16.7. The zero-order valence-corrected chi connectivity index (χ0v) is 20.7. The lowest BCUT2D eigenvalue weighted by Gasteiger charge is -2.45. The van der Waals surface area contributed by atoms with Crippen LogP contribution in [0.1, 0.15) is 60.4 Å². The quantitative estimate of drug-likeness (QED) is 0.431. The lowest BCUT2D eigenvalue weighted by atomic mass is 9.78. The molecule has 2 aliphatic heterocycles. The molecule has 2 heterocycles. The van der Waals surface area contributed by atoms with Gasteiger partial charge in [-0.25, -0.2) is 0 Å². The molecule has 1 saturated carbocycles. The maximum Gasteiger partial charge on any atom is 0.258 e. The smallest absolute Gasteiger partial charge is 0.258 e. The Kier molecular flexibility index (Phi) is 6.65. The summed E-state index contributed by atoms with van der Waals surface area (Å²) >= 11 is 0. The van der Waals surface area contributed by atoms with Crippen LogP contribution in [0.25, 0.3) is 0 Å². The first-order valence-corrected chi connectivity index (χ1v) is 13.4. The summed E-state index contributed by atoms with van der Waals surface area (Å²) in [6, 6.07) is 27.5. The number of para-hydroxylation sites is 1. The molecular weight excluding hydrogens is 448 g/mol. The van der Waals surface area contributed by atoms with Crippen molar-refractivity contribution in [3.63, 3.8) is 0 Å². The van der Waals surface area contributed by atoms with Gasteiger partial charge in [-0.1, -0.05) is 61.4 Å². The van der Waals surface area contributed by atoms with Crippen molar-refractivity contribution in [2.24, 2.45) is 0 Å². The minimum atomic E-state index is 0.0257. The van der Waals surface area contributed by atoms with Crippen LogP contribution < -0.4 is 14.4 Å². The fourth-order valence-electron chi connectivity index (χ4n) is 6.36. The van der Waals surface area contributed by atoms with Gasteiger partial charge in [0.2, 0.25) is 6.79 Å². The highest BCUT2D eigenvalue weighted by Crippen LogP contribution is 2.38. The monoisotopic (exact) mass is 482 g/mol. The molecule has 0 aromatic heterocycles. The van der Waals surface area contributed by atoms with Gasteiger partial charge in [-0.15, -0.1) is 0 Å². The summed E-state index contributed by atoms with van der Waals surface area (Å²) in [5, 5.41) is 0. The molecule has 1 amide bonds.